The monoisotopic (exact) mass is 304 g/mol. The normalized spacial score (nSPS) is 11.7. The summed E-state index contributed by atoms with van der Waals surface area (Å²) in [6, 6.07) is 13.8. The van der Waals surface area contributed by atoms with Gasteiger partial charge in [0.1, 0.15) is 0 Å². The molecule has 0 heterocycles. The Labute approximate surface area is 131 Å². The van der Waals surface area contributed by atoms with E-state index in [1.165, 1.54) is 0 Å². The van der Waals surface area contributed by atoms with Crippen molar-refractivity contribution in [2.75, 3.05) is 13.2 Å². The van der Waals surface area contributed by atoms with Crippen LogP contribution in [0.25, 0.3) is 0 Å². The van der Waals surface area contributed by atoms with E-state index in [1.807, 2.05) is 56.3 Å². The van der Waals surface area contributed by atoms with Gasteiger partial charge >= 0.3 is 0 Å². The summed E-state index contributed by atoms with van der Waals surface area (Å²) in [6.45, 7) is 3.73. The first-order valence-electron chi connectivity index (χ1n) is 7.05. The third-order valence-corrected chi connectivity index (χ3v) is 4.33. The number of aliphatic hydroxyl groups excluding tert-OH is 2. The first-order valence-corrected chi connectivity index (χ1v) is 7.42. The summed E-state index contributed by atoms with van der Waals surface area (Å²) in [4.78, 5) is 0. The Hall–Kier alpha value is -1.35. The molecule has 0 aliphatic rings. The molecule has 2 rings (SSSR count). The second-order valence-electron chi connectivity index (χ2n) is 5.74. The lowest BCUT2D eigenvalue weighted by Gasteiger charge is -2.31. The Balaban J connectivity index is 2.43. The number of aliphatic hydroxyl groups is 2. The summed E-state index contributed by atoms with van der Waals surface area (Å²) in [5, 5.41) is 20.5. The number of benzene rings is 2. The van der Waals surface area contributed by atoms with Gasteiger partial charge in [-0.15, -0.1) is 0 Å². The van der Waals surface area contributed by atoms with Crippen LogP contribution in [0.2, 0.25) is 5.02 Å². The lowest BCUT2D eigenvalue weighted by atomic mass is 9.76. The highest BCUT2D eigenvalue weighted by molar-refractivity contribution is 6.31. The average Bonchev–Trinajstić information content (AvgIpc) is 2.47. The average molecular weight is 305 g/mol. The zero-order valence-corrected chi connectivity index (χ0v) is 13.2. The van der Waals surface area contributed by atoms with Gasteiger partial charge in [0.25, 0.3) is 0 Å². The molecule has 0 aliphatic carbocycles. The van der Waals surface area contributed by atoms with Crippen molar-refractivity contribution in [3.05, 3.63) is 69.7 Å². The molecule has 0 saturated carbocycles. The molecule has 0 fully saturated rings. The fourth-order valence-corrected chi connectivity index (χ4v) is 2.88. The predicted molar refractivity (Wildman–Crippen MR) is 86.9 cm³/mol. The van der Waals surface area contributed by atoms with Gasteiger partial charge in [-0.1, -0.05) is 53.6 Å². The van der Waals surface area contributed by atoms with Crippen molar-refractivity contribution in [2.24, 2.45) is 0 Å². The minimum atomic E-state index is -0.717. The molecule has 2 aromatic carbocycles. The minimum Gasteiger partial charge on any atom is -0.395 e. The van der Waals surface area contributed by atoms with Crippen LogP contribution in [0.15, 0.2) is 42.5 Å². The molecule has 0 aliphatic heterocycles. The SMILES string of the molecule is Cc1cccc(C(CO)(CO)Cc2ccc(C)cc2Cl)c1. The first-order chi connectivity index (χ1) is 10.0. The molecule has 3 heteroatoms. The van der Waals surface area contributed by atoms with Crippen molar-refractivity contribution in [1.29, 1.82) is 0 Å². The molecule has 0 bridgehead atoms. The van der Waals surface area contributed by atoms with Crippen molar-refractivity contribution in [3.63, 3.8) is 0 Å². The van der Waals surface area contributed by atoms with Gasteiger partial charge in [0, 0.05) is 10.4 Å². The Morgan fingerprint density at radius 1 is 0.952 bits per heavy atom. The zero-order valence-electron chi connectivity index (χ0n) is 12.4. The maximum atomic E-state index is 9.92. The van der Waals surface area contributed by atoms with E-state index < -0.39 is 5.41 Å². The third kappa shape index (κ3) is 3.46. The minimum absolute atomic E-state index is 0.128. The quantitative estimate of drug-likeness (QED) is 0.888. The smallest absolute Gasteiger partial charge is 0.0553 e. The van der Waals surface area contributed by atoms with Crippen molar-refractivity contribution in [1.82, 2.24) is 0 Å². The second kappa shape index (κ2) is 6.61. The molecule has 112 valence electrons. The molecule has 0 radical (unpaired) electrons. The van der Waals surface area contributed by atoms with E-state index in [2.05, 4.69) is 0 Å². The summed E-state index contributed by atoms with van der Waals surface area (Å²) >= 11 is 6.30. The number of rotatable bonds is 5. The molecule has 0 atom stereocenters. The van der Waals surface area contributed by atoms with Crippen LogP contribution in [0.1, 0.15) is 22.3 Å². The fraction of sp³-hybridized carbons (Fsp3) is 0.333. The second-order valence-corrected chi connectivity index (χ2v) is 6.14. The van der Waals surface area contributed by atoms with Crippen molar-refractivity contribution < 1.29 is 10.2 Å². The zero-order chi connectivity index (χ0) is 15.5. The summed E-state index contributed by atoms with van der Waals surface area (Å²) in [5.74, 6) is 0. The highest BCUT2D eigenvalue weighted by Crippen LogP contribution is 2.31. The van der Waals surface area contributed by atoms with Crippen LogP contribution in [-0.2, 0) is 11.8 Å². The fourth-order valence-electron chi connectivity index (χ4n) is 2.58. The maximum absolute atomic E-state index is 9.92. The van der Waals surface area contributed by atoms with Gasteiger partial charge in [0.05, 0.1) is 13.2 Å². The molecule has 0 spiro atoms. The van der Waals surface area contributed by atoms with Gasteiger partial charge in [0.15, 0.2) is 0 Å². The van der Waals surface area contributed by atoms with Crippen molar-refractivity contribution >= 4 is 11.6 Å². The number of halogens is 1. The Kier molecular flexibility index (Phi) is 5.04. The molecule has 2 nitrogen and oxygen atoms in total. The van der Waals surface area contributed by atoms with E-state index in [9.17, 15) is 10.2 Å². The topological polar surface area (TPSA) is 40.5 Å². The Bertz CT molecular complexity index is 618. The predicted octanol–water partition coefficient (Wildman–Crippen LogP) is 3.42. The Morgan fingerprint density at radius 3 is 2.19 bits per heavy atom. The van der Waals surface area contributed by atoms with Crippen LogP contribution in [0, 0.1) is 13.8 Å². The molecule has 2 aromatic rings. The van der Waals surface area contributed by atoms with E-state index in [4.69, 9.17) is 11.6 Å². The Morgan fingerprint density at radius 2 is 1.62 bits per heavy atom. The van der Waals surface area contributed by atoms with Crippen molar-refractivity contribution in [3.8, 4) is 0 Å². The van der Waals surface area contributed by atoms with Crippen molar-refractivity contribution in [2.45, 2.75) is 25.7 Å². The largest absolute Gasteiger partial charge is 0.395 e. The van der Waals surface area contributed by atoms with Crippen LogP contribution in [-0.4, -0.2) is 23.4 Å². The van der Waals surface area contributed by atoms with Crippen LogP contribution in [0.5, 0.6) is 0 Å². The van der Waals surface area contributed by atoms with Gasteiger partial charge in [0.2, 0.25) is 0 Å². The van der Waals surface area contributed by atoms with Gasteiger partial charge in [-0.3, -0.25) is 0 Å². The highest BCUT2D eigenvalue weighted by Gasteiger charge is 2.32. The molecule has 21 heavy (non-hydrogen) atoms. The van der Waals surface area contributed by atoms with E-state index in [1.54, 1.807) is 0 Å². The summed E-state index contributed by atoms with van der Waals surface area (Å²) < 4.78 is 0. The van der Waals surface area contributed by atoms with E-state index in [0.717, 1.165) is 22.3 Å². The van der Waals surface area contributed by atoms with E-state index in [-0.39, 0.29) is 13.2 Å². The standard InChI is InChI=1S/C18H21ClO2/c1-13-4-3-5-16(8-13)18(11-20,12-21)10-15-7-6-14(2)9-17(15)19/h3-9,20-21H,10-12H2,1-2H3. The van der Waals surface area contributed by atoms with Gasteiger partial charge in [-0.05, 0) is 43.0 Å². The van der Waals surface area contributed by atoms with Crippen LogP contribution in [0.3, 0.4) is 0 Å². The van der Waals surface area contributed by atoms with Crippen LogP contribution in [0.4, 0.5) is 0 Å². The molecule has 0 aromatic heterocycles. The molecule has 0 saturated heterocycles. The van der Waals surface area contributed by atoms with E-state index >= 15 is 0 Å². The van der Waals surface area contributed by atoms with E-state index in [0.29, 0.717) is 11.4 Å². The number of hydrogen-bond donors (Lipinski definition) is 2. The third-order valence-electron chi connectivity index (χ3n) is 3.97. The molecule has 0 unspecified atom stereocenters. The molecular weight excluding hydrogens is 284 g/mol. The number of aryl methyl sites for hydroxylation is 2. The molecule has 0 amide bonds. The summed E-state index contributed by atoms with van der Waals surface area (Å²) in [7, 11) is 0. The summed E-state index contributed by atoms with van der Waals surface area (Å²) in [5.41, 5.74) is 3.35. The van der Waals surface area contributed by atoms with Crippen LogP contribution < -0.4 is 0 Å². The van der Waals surface area contributed by atoms with Crippen LogP contribution >= 0.6 is 11.6 Å². The lowest BCUT2D eigenvalue weighted by Crippen LogP contribution is -2.37. The summed E-state index contributed by atoms with van der Waals surface area (Å²) in [6.07, 6.45) is 0.503. The molecule has 2 N–H and O–H groups in total. The van der Waals surface area contributed by atoms with Gasteiger partial charge < -0.3 is 10.2 Å². The van der Waals surface area contributed by atoms with Gasteiger partial charge in [-0.2, -0.15) is 0 Å². The van der Waals surface area contributed by atoms with Gasteiger partial charge in [-0.25, -0.2) is 0 Å². The highest BCUT2D eigenvalue weighted by atomic mass is 35.5. The molecular formula is C18H21ClO2. The first kappa shape index (κ1) is 16.0. The maximum Gasteiger partial charge on any atom is 0.0553 e. The number of hydrogen-bond acceptors (Lipinski definition) is 2. The lowest BCUT2D eigenvalue weighted by molar-refractivity contribution is 0.116.